The molecule has 0 radical (unpaired) electrons. The Kier molecular flexibility index (Phi) is 10.9. The average molecular weight is 736 g/mol. The molecule has 2 amide bonds. The number of rotatable bonds is 5. The molecule has 1 unspecified atom stereocenters. The number of alkyl carbamates (subject to hydrolysis) is 1. The lowest BCUT2D eigenvalue weighted by Gasteiger charge is -2.32. The number of aliphatic imine (C=N–C) groups is 1. The molecule has 15 heteroatoms. The lowest BCUT2D eigenvalue weighted by molar-refractivity contribution is -0.835. The molecule has 4 atom stereocenters. The normalized spacial score (nSPS) is 23.1. The maximum Gasteiger partial charge on any atom is 0.408 e. The molecule has 0 saturated carbocycles. The smallest absolute Gasteiger partial charge is 0.408 e. The topological polar surface area (TPSA) is 152 Å². The molecule has 3 aromatic rings. The van der Waals surface area contributed by atoms with Crippen molar-refractivity contribution in [2.45, 2.75) is 111 Å². The van der Waals surface area contributed by atoms with Crippen LogP contribution >= 0.6 is 11.8 Å². The summed E-state index contributed by atoms with van der Waals surface area (Å²) in [4.78, 5) is 62.1. The Labute approximate surface area is 309 Å². The molecule has 52 heavy (non-hydrogen) atoms. The van der Waals surface area contributed by atoms with Crippen molar-refractivity contribution in [3.63, 3.8) is 0 Å². The first-order valence-electron chi connectivity index (χ1n) is 18.0. The van der Waals surface area contributed by atoms with Crippen LogP contribution in [0.4, 0.5) is 4.79 Å². The van der Waals surface area contributed by atoms with E-state index in [0.29, 0.717) is 43.0 Å². The summed E-state index contributed by atoms with van der Waals surface area (Å²) in [6, 6.07) is 6.95. The van der Waals surface area contributed by atoms with Crippen molar-refractivity contribution in [1.29, 1.82) is 0 Å². The van der Waals surface area contributed by atoms with Crippen LogP contribution in [0.3, 0.4) is 0 Å². The van der Waals surface area contributed by atoms with Gasteiger partial charge >= 0.3 is 12.3 Å². The van der Waals surface area contributed by atoms with Gasteiger partial charge in [-0.15, -0.1) is 11.8 Å². The Balaban J connectivity index is 1.47. The highest BCUT2D eigenvalue weighted by molar-refractivity contribution is 8.14. The van der Waals surface area contributed by atoms with Crippen molar-refractivity contribution in [2.24, 2.45) is 10.4 Å². The van der Waals surface area contributed by atoms with Crippen LogP contribution in [0.5, 0.6) is 0 Å². The van der Waals surface area contributed by atoms with Crippen LogP contribution in [0, 0.1) is 10.3 Å². The molecule has 0 aromatic carbocycles. The molecule has 6 rings (SSSR count). The Morgan fingerprint density at radius 2 is 2.06 bits per heavy atom. The van der Waals surface area contributed by atoms with Gasteiger partial charge in [0.25, 0.3) is 5.91 Å². The van der Waals surface area contributed by atoms with E-state index in [1.54, 1.807) is 45.8 Å². The summed E-state index contributed by atoms with van der Waals surface area (Å²) < 4.78 is 13.6. The van der Waals surface area contributed by atoms with Crippen molar-refractivity contribution >= 4 is 39.8 Å². The van der Waals surface area contributed by atoms with Crippen molar-refractivity contribution in [3.05, 3.63) is 52.3 Å². The van der Waals surface area contributed by atoms with Crippen molar-refractivity contribution < 1.29 is 28.8 Å². The van der Waals surface area contributed by atoms with Gasteiger partial charge in [-0.1, -0.05) is 13.8 Å². The first-order chi connectivity index (χ1) is 24.7. The summed E-state index contributed by atoms with van der Waals surface area (Å²) in [5.74, 6) is 0.261. The molecule has 6 heterocycles. The second kappa shape index (κ2) is 15.1. The van der Waals surface area contributed by atoms with E-state index >= 15 is 0 Å². The third kappa shape index (κ3) is 8.11. The number of fused-ring (bicyclic) bond motifs is 5. The van der Waals surface area contributed by atoms with E-state index in [9.17, 15) is 14.5 Å². The van der Waals surface area contributed by atoms with Crippen LogP contribution in [0.2, 0.25) is 0 Å². The molecule has 14 nitrogen and oxygen atoms in total. The molecule has 0 aliphatic carbocycles. The average Bonchev–Trinajstić information content (AvgIpc) is 3.70. The van der Waals surface area contributed by atoms with E-state index in [0.717, 1.165) is 44.3 Å². The van der Waals surface area contributed by atoms with Gasteiger partial charge in [-0.3, -0.25) is 19.8 Å². The highest BCUT2D eigenvalue weighted by atomic mass is 32.2. The molecular formula is C37H51N8O6S+. The fourth-order valence-corrected chi connectivity index (χ4v) is 8.06. The lowest BCUT2D eigenvalue weighted by Crippen LogP contribution is -2.60. The number of hydrogen-bond acceptors (Lipinski definition) is 11. The van der Waals surface area contributed by atoms with Crippen LogP contribution in [-0.2, 0) is 32.1 Å². The van der Waals surface area contributed by atoms with Crippen LogP contribution in [0.25, 0.3) is 22.3 Å². The quantitative estimate of drug-likeness (QED) is 0.317. The Hall–Kier alpha value is -4.08. The second-order valence-corrected chi connectivity index (χ2v) is 16.5. The van der Waals surface area contributed by atoms with Crippen LogP contribution in [0.1, 0.15) is 96.8 Å². The summed E-state index contributed by atoms with van der Waals surface area (Å²) in [5.41, 5.74) is 8.31. The standard InChI is InChI=1S/C37H50N8O6S/c1-9-43-28-15-14-25-27-20-52-30(39-27)18-26(41-35(47)51-36(3,4)5)34(46)44-17-11-13-29(42-44)45(48)50-21-37(6,7)19-24(32(28)40-25)33(43)23-12-10-16-38-31(23)22(2)49-8/h10,12,14-16,22,26-27,29,42H,9,11,13,17-21H2,1-8H3/p+1/t22-,26-,27?,29+/m0/s1. The van der Waals surface area contributed by atoms with Gasteiger partial charge in [0.05, 0.1) is 44.2 Å². The molecule has 1 fully saturated rings. The van der Waals surface area contributed by atoms with E-state index in [2.05, 4.69) is 48.2 Å². The number of aryl methyl sites for hydroxylation is 1. The number of thioether (sulfide) groups is 1. The molecule has 0 spiro atoms. The zero-order chi connectivity index (χ0) is 37.4. The molecule has 1 saturated heterocycles. The molecule has 3 aliphatic heterocycles. The van der Waals surface area contributed by atoms with Gasteiger partial charge in [0.1, 0.15) is 17.7 Å². The van der Waals surface area contributed by atoms with Crippen molar-refractivity contribution in [2.75, 3.05) is 26.0 Å². The number of amides is 2. The van der Waals surface area contributed by atoms with Crippen LogP contribution < -0.4 is 10.7 Å². The van der Waals surface area contributed by atoms with Gasteiger partial charge in [0.15, 0.2) is 6.61 Å². The maximum absolute atomic E-state index is 14.0. The first kappa shape index (κ1) is 37.7. The highest BCUT2D eigenvalue weighted by Crippen LogP contribution is 2.41. The number of methoxy groups -OCH3 is 1. The minimum atomic E-state index is -0.976. The zero-order valence-electron chi connectivity index (χ0n) is 31.4. The van der Waals surface area contributed by atoms with Gasteiger partial charge in [-0.25, -0.2) is 14.6 Å². The molecule has 6 bridgehead atoms. The predicted molar refractivity (Wildman–Crippen MR) is 199 cm³/mol. The highest BCUT2D eigenvalue weighted by Gasteiger charge is 2.40. The number of aromatic nitrogens is 3. The number of hydrogen-bond donors (Lipinski definition) is 2. The van der Waals surface area contributed by atoms with Crippen molar-refractivity contribution in [3.8, 4) is 11.3 Å². The van der Waals surface area contributed by atoms with E-state index in [1.165, 1.54) is 5.01 Å². The number of hydrazine groups is 1. The number of nitrogens with zero attached hydrogens (tertiary/aromatic N) is 6. The van der Waals surface area contributed by atoms with Gasteiger partial charge in [0, 0.05) is 61.5 Å². The van der Waals surface area contributed by atoms with Crippen LogP contribution in [0.15, 0.2) is 35.5 Å². The van der Waals surface area contributed by atoms with E-state index < -0.39 is 29.3 Å². The van der Waals surface area contributed by atoms with Gasteiger partial charge in [0.2, 0.25) is 4.92 Å². The zero-order valence-corrected chi connectivity index (χ0v) is 32.2. The summed E-state index contributed by atoms with van der Waals surface area (Å²) >= 11 is 1.55. The van der Waals surface area contributed by atoms with Crippen molar-refractivity contribution in [1.82, 2.24) is 30.3 Å². The Morgan fingerprint density at radius 1 is 1.27 bits per heavy atom. The lowest BCUT2D eigenvalue weighted by atomic mass is 9.85. The maximum atomic E-state index is 14.0. The molecule has 2 N–H and O–H groups in total. The summed E-state index contributed by atoms with van der Waals surface area (Å²) in [6.45, 7) is 14.7. The van der Waals surface area contributed by atoms with Gasteiger partial charge < -0.3 is 19.4 Å². The molecule has 3 aromatic heterocycles. The SMILES string of the molecule is CCn1c(-c2cccnc2[C@H](C)OC)c2c3nc(ccc31)C1CSC(=N1)C[C@H](NC(=O)OC(C)(C)C)C(=O)N1CCC[C@H](N1)[N+](=O)OCC(C)(C)C2. The Morgan fingerprint density at radius 3 is 2.79 bits per heavy atom. The molecule has 280 valence electrons. The Bertz CT molecular complexity index is 1870. The van der Waals surface area contributed by atoms with Gasteiger partial charge in [-0.05, 0) is 71.7 Å². The monoisotopic (exact) mass is 735 g/mol. The minimum Gasteiger partial charge on any atom is -0.444 e. The second-order valence-electron chi connectivity index (χ2n) is 15.4. The largest absolute Gasteiger partial charge is 0.444 e. The van der Waals surface area contributed by atoms with E-state index in [1.807, 2.05) is 19.1 Å². The van der Waals surface area contributed by atoms with E-state index in [-0.39, 0.29) is 31.1 Å². The third-order valence-corrected chi connectivity index (χ3v) is 10.6. The van der Waals surface area contributed by atoms with Gasteiger partial charge in [-0.2, -0.15) is 5.43 Å². The molecular weight excluding hydrogens is 685 g/mol. The predicted octanol–water partition coefficient (Wildman–Crippen LogP) is 6.04. The summed E-state index contributed by atoms with van der Waals surface area (Å²) in [5, 5.41) is 4.91. The number of pyridine rings is 2. The first-order valence-corrected chi connectivity index (χ1v) is 19.0. The number of ether oxygens (including phenoxy) is 2. The number of carbonyl (C=O) groups excluding carboxylic acids is 2. The minimum absolute atomic E-state index is 0.116. The fraction of sp³-hybridized carbons (Fsp3) is 0.595. The number of carbonyl (C=O) groups is 2. The van der Waals surface area contributed by atoms with E-state index in [4.69, 9.17) is 29.3 Å². The molecule has 3 aliphatic rings. The summed E-state index contributed by atoms with van der Waals surface area (Å²) in [7, 11) is 1.68. The third-order valence-electron chi connectivity index (χ3n) is 9.52. The summed E-state index contributed by atoms with van der Waals surface area (Å²) in [6.07, 6.45) is 1.81. The van der Waals surface area contributed by atoms with Crippen LogP contribution in [-0.4, -0.2) is 85.3 Å². The fourth-order valence-electron chi connectivity index (χ4n) is 6.98. The number of nitrogens with one attached hydrogen (secondary N) is 2.